The molecule has 0 amide bonds. The largest absolute Gasteiger partial charge is 0.330 e. The molecule has 0 aromatic heterocycles. The number of hydrogen-bond acceptors (Lipinski definition) is 2. The third-order valence-electron chi connectivity index (χ3n) is 1.52. The van der Waals surface area contributed by atoms with E-state index in [0.717, 1.165) is 19.4 Å². The minimum Gasteiger partial charge on any atom is -0.330 e. The summed E-state index contributed by atoms with van der Waals surface area (Å²) in [5.74, 6) is 0.635. The van der Waals surface area contributed by atoms with Crippen LogP contribution in [0.25, 0.3) is 0 Å². The van der Waals surface area contributed by atoms with Gasteiger partial charge in [0, 0.05) is 6.04 Å². The van der Waals surface area contributed by atoms with Gasteiger partial charge in [-0.25, -0.2) is 0 Å². The van der Waals surface area contributed by atoms with Crippen LogP contribution >= 0.6 is 0 Å². The van der Waals surface area contributed by atoms with Crippen LogP contribution in [0.2, 0.25) is 0 Å². The molecule has 0 aliphatic heterocycles. The van der Waals surface area contributed by atoms with Crippen molar-refractivity contribution in [3.05, 3.63) is 0 Å². The molecular weight excluding hydrogens is 112 g/mol. The van der Waals surface area contributed by atoms with E-state index in [9.17, 15) is 0 Å². The monoisotopic (exact) mass is 130 g/mol. The zero-order chi connectivity index (χ0) is 7.28. The Morgan fingerprint density at radius 1 is 1.22 bits per heavy atom. The van der Waals surface area contributed by atoms with Crippen molar-refractivity contribution < 1.29 is 0 Å². The number of rotatable bonds is 4. The van der Waals surface area contributed by atoms with Crippen molar-refractivity contribution in [3.63, 3.8) is 0 Å². The fourth-order valence-corrected chi connectivity index (χ4v) is 0.665. The highest BCUT2D eigenvalue weighted by molar-refractivity contribution is 4.58. The van der Waals surface area contributed by atoms with Gasteiger partial charge in [0.05, 0.1) is 0 Å². The van der Waals surface area contributed by atoms with Gasteiger partial charge in [0.1, 0.15) is 0 Å². The van der Waals surface area contributed by atoms with Gasteiger partial charge in [-0.2, -0.15) is 0 Å². The summed E-state index contributed by atoms with van der Waals surface area (Å²) in [5, 5.41) is 0. The lowest BCUT2D eigenvalue weighted by Gasteiger charge is -2.09. The minimum absolute atomic E-state index is 0.332. The van der Waals surface area contributed by atoms with Gasteiger partial charge in [-0.3, -0.25) is 0 Å². The molecule has 9 heavy (non-hydrogen) atoms. The molecular formula is C7H18N2. The van der Waals surface area contributed by atoms with Gasteiger partial charge in [-0.15, -0.1) is 0 Å². The van der Waals surface area contributed by atoms with Crippen LogP contribution in [0.1, 0.15) is 26.7 Å². The van der Waals surface area contributed by atoms with Crippen LogP contribution in [0.3, 0.4) is 0 Å². The average molecular weight is 130 g/mol. The van der Waals surface area contributed by atoms with Crippen LogP contribution in [0, 0.1) is 5.92 Å². The van der Waals surface area contributed by atoms with E-state index in [1.165, 1.54) is 0 Å². The third-order valence-corrected chi connectivity index (χ3v) is 1.52. The van der Waals surface area contributed by atoms with Crippen molar-refractivity contribution in [3.8, 4) is 0 Å². The summed E-state index contributed by atoms with van der Waals surface area (Å²) in [6.07, 6.45) is 2.26. The molecule has 0 fully saturated rings. The standard InChI is InChI=1S/C7H18N2/c1-6(5-8)3-4-7(2)9/h6-7H,3-5,8-9H2,1-2H3/t6?,7-/m1/s1. The van der Waals surface area contributed by atoms with Crippen molar-refractivity contribution in [2.75, 3.05) is 6.54 Å². The fraction of sp³-hybridized carbons (Fsp3) is 1.00. The Labute approximate surface area is 57.6 Å². The lowest BCUT2D eigenvalue weighted by Crippen LogP contribution is -2.18. The SMILES string of the molecule is CC(CN)CC[C@@H](C)N. The predicted molar refractivity (Wildman–Crippen MR) is 41.1 cm³/mol. The zero-order valence-electron chi connectivity index (χ0n) is 6.43. The Bertz CT molecular complexity index is 61.9. The summed E-state index contributed by atoms with van der Waals surface area (Å²) >= 11 is 0. The first-order valence-electron chi connectivity index (χ1n) is 3.62. The van der Waals surface area contributed by atoms with Gasteiger partial charge in [0.15, 0.2) is 0 Å². The third kappa shape index (κ3) is 5.80. The van der Waals surface area contributed by atoms with Crippen molar-refractivity contribution in [2.45, 2.75) is 32.7 Å². The second-order valence-electron chi connectivity index (χ2n) is 2.90. The van der Waals surface area contributed by atoms with E-state index in [0.29, 0.717) is 12.0 Å². The summed E-state index contributed by atoms with van der Waals surface area (Å²) in [5.41, 5.74) is 11.0. The second-order valence-corrected chi connectivity index (χ2v) is 2.90. The van der Waals surface area contributed by atoms with Crippen LogP contribution in [-0.2, 0) is 0 Å². The van der Waals surface area contributed by atoms with Gasteiger partial charge in [0.25, 0.3) is 0 Å². The van der Waals surface area contributed by atoms with Crippen molar-refractivity contribution in [1.29, 1.82) is 0 Å². The van der Waals surface area contributed by atoms with E-state index in [1.54, 1.807) is 0 Å². The second kappa shape index (κ2) is 4.77. The van der Waals surface area contributed by atoms with Gasteiger partial charge in [-0.05, 0) is 32.2 Å². The highest BCUT2D eigenvalue weighted by Gasteiger charge is 1.99. The van der Waals surface area contributed by atoms with Crippen molar-refractivity contribution in [1.82, 2.24) is 0 Å². The van der Waals surface area contributed by atoms with Gasteiger partial charge >= 0.3 is 0 Å². The maximum Gasteiger partial charge on any atom is 0.00105 e. The molecule has 0 saturated carbocycles. The Morgan fingerprint density at radius 2 is 1.78 bits per heavy atom. The zero-order valence-corrected chi connectivity index (χ0v) is 6.43. The maximum atomic E-state index is 5.55. The Hall–Kier alpha value is -0.0800. The molecule has 56 valence electrons. The highest BCUT2D eigenvalue weighted by atomic mass is 14.6. The van der Waals surface area contributed by atoms with Gasteiger partial charge in [0.2, 0.25) is 0 Å². The molecule has 0 radical (unpaired) electrons. The summed E-state index contributed by atoms with van der Waals surface area (Å²) in [6.45, 7) is 4.97. The summed E-state index contributed by atoms with van der Waals surface area (Å²) in [4.78, 5) is 0. The lowest BCUT2D eigenvalue weighted by molar-refractivity contribution is 0.489. The molecule has 1 unspecified atom stereocenters. The smallest absolute Gasteiger partial charge is 0.00105 e. The average Bonchev–Trinajstić information content (AvgIpc) is 1.83. The number of hydrogen-bond donors (Lipinski definition) is 2. The Morgan fingerprint density at radius 3 is 2.11 bits per heavy atom. The van der Waals surface area contributed by atoms with Crippen molar-refractivity contribution >= 4 is 0 Å². The first-order chi connectivity index (χ1) is 4.16. The molecule has 0 bridgehead atoms. The molecule has 0 aliphatic carbocycles. The lowest BCUT2D eigenvalue weighted by atomic mass is 10.0. The van der Waals surface area contributed by atoms with Crippen molar-refractivity contribution in [2.24, 2.45) is 17.4 Å². The van der Waals surface area contributed by atoms with E-state index < -0.39 is 0 Å². The first kappa shape index (κ1) is 8.92. The topological polar surface area (TPSA) is 52.0 Å². The quantitative estimate of drug-likeness (QED) is 0.589. The molecule has 0 aromatic rings. The summed E-state index contributed by atoms with van der Waals surface area (Å²) < 4.78 is 0. The molecule has 0 heterocycles. The Balaban J connectivity index is 3.06. The summed E-state index contributed by atoms with van der Waals surface area (Å²) in [7, 11) is 0. The summed E-state index contributed by atoms with van der Waals surface area (Å²) in [6, 6.07) is 0.332. The van der Waals surface area contributed by atoms with Gasteiger partial charge < -0.3 is 11.5 Å². The molecule has 0 rings (SSSR count). The predicted octanol–water partition coefficient (Wildman–Crippen LogP) is 0.709. The molecule has 2 atom stereocenters. The van der Waals surface area contributed by atoms with E-state index in [1.807, 2.05) is 6.92 Å². The minimum atomic E-state index is 0.332. The Kier molecular flexibility index (Phi) is 4.72. The maximum absolute atomic E-state index is 5.55. The number of nitrogens with two attached hydrogens (primary N) is 2. The van der Waals surface area contributed by atoms with Crippen LogP contribution in [-0.4, -0.2) is 12.6 Å². The van der Waals surface area contributed by atoms with Crippen LogP contribution in [0.5, 0.6) is 0 Å². The normalized spacial score (nSPS) is 17.3. The molecule has 0 spiro atoms. The molecule has 2 heteroatoms. The fourth-order valence-electron chi connectivity index (χ4n) is 0.665. The van der Waals surface area contributed by atoms with E-state index in [2.05, 4.69) is 6.92 Å². The van der Waals surface area contributed by atoms with Crippen LogP contribution in [0.4, 0.5) is 0 Å². The molecule has 0 aliphatic rings. The van der Waals surface area contributed by atoms with E-state index in [4.69, 9.17) is 11.5 Å². The van der Waals surface area contributed by atoms with Gasteiger partial charge in [-0.1, -0.05) is 6.92 Å². The van der Waals surface area contributed by atoms with E-state index >= 15 is 0 Å². The molecule has 4 N–H and O–H groups in total. The highest BCUT2D eigenvalue weighted by Crippen LogP contribution is 2.03. The first-order valence-corrected chi connectivity index (χ1v) is 3.62. The van der Waals surface area contributed by atoms with Crippen LogP contribution in [0.15, 0.2) is 0 Å². The van der Waals surface area contributed by atoms with E-state index in [-0.39, 0.29) is 0 Å². The molecule has 0 aromatic carbocycles. The molecule has 0 saturated heterocycles. The van der Waals surface area contributed by atoms with Crippen LogP contribution < -0.4 is 11.5 Å². The molecule has 2 nitrogen and oxygen atoms in total.